The number of benzene rings is 1. The predicted octanol–water partition coefficient (Wildman–Crippen LogP) is 4.20. The summed E-state index contributed by atoms with van der Waals surface area (Å²) in [5, 5.41) is 0. The van der Waals surface area contributed by atoms with Crippen molar-refractivity contribution in [3.05, 3.63) is 78.9 Å². The molecule has 0 amide bonds. The molecule has 0 heterocycles. The summed E-state index contributed by atoms with van der Waals surface area (Å²) in [6, 6.07) is 7.49. The van der Waals surface area contributed by atoms with Crippen LogP contribution >= 0.6 is 0 Å². The third-order valence-corrected chi connectivity index (χ3v) is 3.29. The molecule has 1 unspecified atom stereocenters. The lowest BCUT2D eigenvalue weighted by Crippen LogP contribution is -2.27. The minimum atomic E-state index is -0.593. The van der Waals surface area contributed by atoms with Crippen LogP contribution in [0.4, 0.5) is 0 Å². The van der Waals surface area contributed by atoms with Crippen LogP contribution in [-0.4, -0.2) is 5.78 Å². The van der Waals surface area contributed by atoms with Crippen LogP contribution in [0.25, 0.3) is 6.08 Å². The second-order valence-corrected chi connectivity index (χ2v) is 4.39. The first kappa shape index (κ1) is 12.3. The fraction of sp³-hybridized carbons (Fsp3) is 0.118. The van der Waals surface area contributed by atoms with Gasteiger partial charge in [-0.1, -0.05) is 67.3 Å². The van der Waals surface area contributed by atoms with Gasteiger partial charge in [0.05, 0.1) is 5.41 Å². The summed E-state index contributed by atoms with van der Waals surface area (Å²) in [5.74, 6) is 0.0914. The second-order valence-electron chi connectivity index (χ2n) is 4.39. The van der Waals surface area contributed by atoms with Crippen LogP contribution in [0.5, 0.6) is 0 Å². The Balaban J connectivity index is 2.34. The lowest BCUT2D eigenvalue weighted by atomic mass is 9.75. The van der Waals surface area contributed by atoms with E-state index in [9.17, 15) is 4.79 Å². The molecule has 0 radical (unpaired) electrons. The summed E-state index contributed by atoms with van der Waals surface area (Å²) in [6.45, 7) is 7.52. The van der Waals surface area contributed by atoms with Crippen molar-refractivity contribution in [2.45, 2.75) is 6.42 Å². The van der Waals surface area contributed by atoms with E-state index in [1.165, 1.54) is 0 Å². The smallest absolute Gasteiger partial charge is 0.176 e. The van der Waals surface area contributed by atoms with E-state index in [1.54, 1.807) is 12.2 Å². The van der Waals surface area contributed by atoms with E-state index in [0.29, 0.717) is 12.0 Å². The van der Waals surface area contributed by atoms with E-state index in [1.807, 2.05) is 48.6 Å². The van der Waals surface area contributed by atoms with Gasteiger partial charge in [-0.3, -0.25) is 4.79 Å². The molecule has 18 heavy (non-hydrogen) atoms. The Hall–Kier alpha value is -2.15. The summed E-state index contributed by atoms with van der Waals surface area (Å²) in [5.41, 5.74) is 1.13. The minimum absolute atomic E-state index is 0.0914. The Morgan fingerprint density at radius 1 is 1.17 bits per heavy atom. The highest BCUT2D eigenvalue weighted by Crippen LogP contribution is 2.33. The average molecular weight is 236 g/mol. The van der Waals surface area contributed by atoms with Crippen molar-refractivity contribution in [2.75, 3.05) is 0 Å². The van der Waals surface area contributed by atoms with Crippen LogP contribution in [-0.2, 0) is 0 Å². The van der Waals surface area contributed by atoms with Crippen LogP contribution in [0.2, 0.25) is 0 Å². The Kier molecular flexibility index (Phi) is 3.42. The van der Waals surface area contributed by atoms with Crippen LogP contribution in [0.1, 0.15) is 22.3 Å². The monoisotopic (exact) mass is 236 g/mol. The largest absolute Gasteiger partial charge is 0.293 e. The molecular formula is C17H16O. The maximum Gasteiger partial charge on any atom is 0.176 e. The molecule has 0 aliphatic heterocycles. The van der Waals surface area contributed by atoms with Crippen LogP contribution in [0.3, 0.4) is 0 Å². The van der Waals surface area contributed by atoms with Crippen molar-refractivity contribution in [2.24, 2.45) is 5.41 Å². The zero-order chi connectivity index (χ0) is 13.0. The molecule has 2 rings (SSSR count). The van der Waals surface area contributed by atoms with Crippen LogP contribution < -0.4 is 0 Å². The first-order chi connectivity index (χ1) is 8.72. The summed E-state index contributed by atoms with van der Waals surface area (Å²) in [4.78, 5) is 12.6. The number of allylic oxidation sites excluding steroid dienone is 5. The number of carbonyl (C=O) groups is 1. The molecule has 1 aromatic rings. The molecule has 0 aromatic heterocycles. The third-order valence-electron chi connectivity index (χ3n) is 3.29. The fourth-order valence-electron chi connectivity index (χ4n) is 2.09. The Labute approximate surface area is 108 Å². The molecule has 0 saturated heterocycles. The first-order valence-corrected chi connectivity index (χ1v) is 5.97. The highest BCUT2D eigenvalue weighted by atomic mass is 16.1. The standard InChI is InChI=1S/C17H16O/c1-3-14-8-10-15(11-9-14)16(18)17(4-2)12-6-5-7-13-17/h3-12H,1-2,13H2. The van der Waals surface area contributed by atoms with Gasteiger partial charge in [0.1, 0.15) is 0 Å². The van der Waals surface area contributed by atoms with Crippen LogP contribution in [0, 0.1) is 5.41 Å². The van der Waals surface area contributed by atoms with Gasteiger partial charge < -0.3 is 0 Å². The molecule has 1 nitrogen and oxygen atoms in total. The number of rotatable bonds is 4. The van der Waals surface area contributed by atoms with Crippen LogP contribution in [0.15, 0.2) is 67.8 Å². The predicted molar refractivity (Wildman–Crippen MR) is 76.4 cm³/mol. The Morgan fingerprint density at radius 2 is 1.89 bits per heavy atom. The zero-order valence-electron chi connectivity index (χ0n) is 10.3. The van der Waals surface area contributed by atoms with Gasteiger partial charge in [-0.2, -0.15) is 0 Å². The highest BCUT2D eigenvalue weighted by molar-refractivity contribution is 6.03. The highest BCUT2D eigenvalue weighted by Gasteiger charge is 2.32. The van der Waals surface area contributed by atoms with Gasteiger partial charge in [0.2, 0.25) is 0 Å². The summed E-state index contributed by atoms with van der Waals surface area (Å²) >= 11 is 0. The number of ketones is 1. The van der Waals surface area contributed by atoms with E-state index < -0.39 is 5.41 Å². The van der Waals surface area contributed by atoms with Crippen molar-refractivity contribution in [1.29, 1.82) is 0 Å². The van der Waals surface area contributed by atoms with E-state index in [-0.39, 0.29) is 5.78 Å². The van der Waals surface area contributed by atoms with Crippen molar-refractivity contribution >= 4 is 11.9 Å². The van der Waals surface area contributed by atoms with Crippen molar-refractivity contribution in [3.63, 3.8) is 0 Å². The SMILES string of the molecule is C=Cc1ccc(C(=O)C2(C=C)C=CC=CC2)cc1. The molecule has 90 valence electrons. The van der Waals surface area contributed by atoms with E-state index in [4.69, 9.17) is 0 Å². The minimum Gasteiger partial charge on any atom is -0.293 e. The lowest BCUT2D eigenvalue weighted by Gasteiger charge is -2.26. The van der Waals surface area contributed by atoms with E-state index >= 15 is 0 Å². The molecule has 1 aliphatic rings. The second kappa shape index (κ2) is 5.01. The fourth-order valence-corrected chi connectivity index (χ4v) is 2.09. The summed E-state index contributed by atoms with van der Waals surface area (Å²) in [7, 11) is 0. The molecule has 0 fully saturated rings. The number of hydrogen-bond acceptors (Lipinski definition) is 1. The summed E-state index contributed by atoms with van der Waals surface area (Å²) in [6.07, 6.45) is 11.9. The van der Waals surface area contributed by atoms with Gasteiger partial charge in [0, 0.05) is 5.56 Å². The van der Waals surface area contributed by atoms with Gasteiger partial charge in [-0.15, -0.1) is 6.58 Å². The van der Waals surface area contributed by atoms with Crippen molar-refractivity contribution in [3.8, 4) is 0 Å². The lowest BCUT2D eigenvalue weighted by molar-refractivity contribution is 0.0896. The third kappa shape index (κ3) is 2.12. The van der Waals surface area contributed by atoms with E-state index in [0.717, 1.165) is 5.56 Å². The molecule has 1 heteroatoms. The molecule has 0 N–H and O–H groups in total. The molecular weight excluding hydrogens is 220 g/mol. The molecule has 1 aliphatic carbocycles. The maximum absolute atomic E-state index is 12.6. The van der Waals surface area contributed by atoms with Gasteiger partial charge in [0.25, 0.3) is 0 Å². The first-order valence-electron chi connectivity index (χ1n) is 5.97. The quantitative estimate of drug-likeness (QED) is 0.565. The molecule has 1 atom stereocenters. The Bertz CT molecular complexity index is 531. The van der Waals surface area contributed by atoms with Gasteiger partial charge >= 0.3 is 0 Å². The topological polar surface area (TPSA) is 17.1 Å². The molecule has 1 aromatic carbocycles. The van der Waals surface area contributed by atoms with E-state index in [2.05, 4.69) is 13.2 Å². The normalized spacial score (nSPS) is 21.6. The summed E-state index contributed by atoms with van der Waals surface area (Å²) < 4.78 is 0. The molecule has 0 bridgehead atoms. The Morgan fingerprint density at radius 3 is 2.39 bits per heavy atom. The maximum atomic E-state index is 12.6. The number of hydrogen-bond donors (Lipinski definition) is 0. The molecule has 0 saturated carbocycles. The zero-order valence-corrected chi connectivity index (χ0v) is 10.3. The van der Waals surface area contributed by atoms with Gasteiger partial charge in [0.15, 0.2) is 5.78 Å². The number of Topliss-reactive ketones (excluding diaryl/α,β-unsaturated/α-hetero) is 1. The van der Waals surface area contributed by atoms with Gasteiger partial charge in [-0.25, -0.2) is 0 Å². The molecule has 0 spiro atoms. The number of carbonyl (C=O) groups excluding carboxylic acids is 1. The van der Waals surface area contributed by atoms with Gasteiger partial charge in [-0.05, 0) is 12.0 Å². The van der Waals surface area contributed by atoms with Crippen molar-refractivity contribution in [1.82, 2.24) is 0 Å². The average Bonchev–Trinajstić information content (AvgIpc) is 2.47. The van der Waals surface area contributed by atoms with Crippen molar-refractivity contribution < 1.29 is 4.79 Å².